The van der Waals surface area contributed by atoms with Crippen LogP contribution in [0.25, 0.3) is 0 Å². The summed E-state index contributed by atoms with van der Waals surface area (Å²) in [5.41, 5.74) is 0. The maximum absolute atomic E-state index is 4.07. The Morgan fingerprint density at radius 2 is 2.29 bits per heavy atom. The molecule has 0 fully saturated rings. The van der Waals surface area contributed by atoms with E-state index in [4.69, 9.17) is 0 Å². The molecule has 0 aliphatic carbocycles. The topological polar surface area (TPSA) is 63.6 Å². The molecule has 0 aromatic carbocycles. The van der Waals surface area contributed by atoms with E-state index in [2.05, 4.69) is 25.5 Å². The van der Waals surface area contributed by atoms with Gasteiger partial charge in [0.25, 0.3) is 0 Å². The molecule has 0 saturated carbocycles. The summed E-state index contributed by atoms with van der Waals surface area (Å²) >= 11 is 3.06. The summed E-state index contributed by atoms with van der Waals surface area (Å²) in [7, 11) is 0. The van der Waals surface area contributed by atoms with E-state index in [1.165, 1.54) is 11.3 Å². The van der Waals surface area contributed by atoms with Crippen LogP contribution < -0.4 is 5.32 Å². The van der Waals surface area contributed by atoms with Crippen molar-refractivity contribution in [1.82, 2.24) is 20.2 Å². The molecule has 0 aliphatic heterocycles. The van der Waals surface area contributed by atoms with Crippen molar-refractivity contribution in [3.63, 3.8) is 0 Å². The molecular formula is C7H7N5S2. The molecule has 0 unspecified atom stereocenters. The number of rotatable bonds is 3. The smallest absolute Gasteiger partial charge is 0.212 e. The Morgan fingerprint density at radius 1 is 1.36 bits per heavy atom. The molecule has 0 radical (unpaired) electrons. The third-order valence-corrected chi connectivity index (χ3v) is 3.19. The number of nitrogens with one attached hydrogen (secondary N) is 1. The first-order valence-corrected chi connectivity index (χ1v) is 5.83. The van der Waals surface area contributed by atoms with Crippen LogP contribution in [0, 0.1) is 0 Å². The van der Waals surface area contributed by atoms with Gasteiger partial charge in [0.05, 0.1) is 6.20 Å². The van der Waals surface area contributed by atoms with E-state index in [0.717, 1.165) is 9.47 Å². The van der Waals surface area contributed by atoms with Gasteiger partial charge in [-0.05, 0) is 6.26 Å². The van der Waals surface area contributed by atoms with Crippen LogP contribution in [0.3, 0.4) is 0 Å². The van der Waals surface area contributed by atoms with Crippen molar-refractivity contribution < 1.29 is 0 Å². The maximum Gasteiger partial charge on any atom is 0.212 e. The van der Waals surface area contributed by atoms with Crippen molar-refractivity contribution in [2.24, 2.45) is 0 Å². The predicted molar refractivity (Wildman–Crippen MR) is 57.0 cm³/mol. The van der Waals surface area contributed by atoms with Crippen molar-refractivity contribution in [3.8, 4) is 0 Å². The average molecular weight is 225 g/mol. The molecule has 1 N–H and O–H groups in total. The highest BCUT2D eigenvalue weighted by Gasteiger charge is 2.02. The SMILES string of the molecule is CSc1nnc(Nc2cnccn2)s1. The van der Waals surface area contributed by atoms with E-state index < -0.39 is 0 Å². The number of anilines is 2. The summed E-state index contributed by atoms with van der Waals surface area (Å²) in [6.07, 6.45) is 6.85. The van der Waals surface area contributed by atoms with Gasteiger partial charge in [-0.2, -0.15) is 0 Å². The fourth-order valence-corrected chi connectivity index (χ4v) is 1.99. The van der Waals surface area contributed by atoms with Crippen LogP contribution in [-0.4, -0.2) is 26.4 Å². The zero-order valence-corrected chi connectivity index (χ0v) is 8.97. The van der Waals surface area contributed by atoms with Crippen LogP contribution in [0.1, 0.15) is 0 Å². The lowest BCUT2D eigenvalue weighted by Gasteiger charge is -1.97. The molecule has 0 amide bonds. The zero-order chi connectivity index (χ0) is 9.80. The van der Waals surface area contributed by atoms with E-state index in [1.807, 2.05) is 6.26 Å². The van der Waals surface area contributed by atoms with Gasteiger partial charge in [-0.1, -0.05) is 23.1 Å². The molecule has 5 nitrogen and oxygen atoms in total. The third kappa shape index (κ3) is 2.18. The molecule has 2 aromatic heterocycles. The minimum atomic E-state index is 0.677. The van der Waals surface area contributed by atoms with Gasteiger partial charge in [0, 0.05) is 12.4 Å². The van der Waals surface area contributed by atoms with E-state index >= 15 is 0 Å². The normalized spacial score (nSPS) is 10.1. The van der Waals surface area contributed by atoms with Crippen molar-refractivity contribution >= 4 is 34.0 Å². The van der Waals surface area contributed by atoms with E-state index in [-0.39, 0.29) is 0 Å². The Labute approximate surface area is 89.0 Å². The van der Waals surface area contributed by atoms with Crippen molar-refractivity contribution in [2.45, 2.75) is 4.34 Å². The van der Waals surface area contributed by atoms with Gasteiger partial charge in [0.1, 0.15) is 0 Å². The molecule has 0 aliphatic rings. The van der Waals surface area contributed by atoms with Crippen molar-refractivity contribution in [2.75, 3.05) is 11.6 Å². The second-order valence-electron chi connectivity index (χ2n) is 2.29. The van der Waals surface area contributed by atoms with Crippen LogP contribution in [-0.2, 0) is 0 Å². The second kappa shape index (κ2) is 4.34. The highest BCUT2D eigenvalue weighted by molar-refractivity contribution is 8.00. The number of hydrogen-bond acceptors (Lipinski definition) is 7. The minimum absolute atomic E-state index is 0.677. The van der Waals surface area contributed by atoms with Gasteiger partial charge in [-0.15, -0.1) is 10.2 Å². The van der Waals surface area contributed by atoms with Crippen LogP contribution in [0.15, 0.2) is 22.9 Å². The molecule has 7 heteroatoms. The quantitative estimate of drug-likeness (QED) is 0.803. The van der Waals surface area contributed by atoms with Gasteiger partial charge in [0.15, 0.2) is 10.2 Å². The summed E-state index contributed by atoms with van der Waals surface area (Å²) in [4.78, 5) is 8.00. The molecular weight excluding hydrogens is 218 g/mol. The van der Waals surface area contributed by atoms with Gasteiger partial charge in [-0.3, -0.25) is 4.98 Å². The molecule has 14 heavy (non-hydrogen) atoms. The molecule has 0 bridgehead atoms. The fourth-order valence-electron chi connectivity index (χ4n) is 0.816. The Hall–Kier alpha value is -1.21. The van der Waals surface area contributed by atoms with Crippen LogP contribution >= 0.6 is 23.1 Å². The van der Waals surface area contributed by atoms with Crippen molar-refractivity contribution in [1.29, 1.82) is 0 Å². The molecule has 0 spiro atoms. The molecule has 72 valence electrons. The average Bonchev–Trinajstić information content (AvgIpc) is 2.67. The lowest BCUT2D eigenvalue weighted by molar-refractivity contribution is 1.01. The zero-order valence-electron chi connectivity index (χ0n) is 7.34. The molecule has 2 aromatic rings. The Balaban J connectivity index is 2.11. The predicted octanol–water partition coefficient (Wildman–Crippen LogP) is 1.79. The first-order chi connectivity index (χ1) is 6.88. The van der Waals surface area contributed by atoms with E-state index in [0.29, 0.717) is 5.82 Å². The van der Waals surface area contributed by atoms with Gasteiger partial charge < -0.3 is 5.32 Å². The highest BCUT2D eigenvalue weighted by Crippen LogP contribution is 2.24. The van der Waals surface area contributed by atoms with Gasteiger partial charge in [-0.25, -0.2) is 4.98 Å². The Bertz CT molecular complexity index is 401. The molecule has 2 heterocycles. The summed E-state index contributed by atoms with van der Waals surface area (Å²) < 4.78 is 0.927. The Kier molecular flexibility index (Phi) is 2.90. The van der Waals surface area contributed by atoms with Crippen LogP contribution in [0.5, 0.6) is 0 Å². The maximum atomic E-state index is 4.07. The fraction of sp³-hybridized carbons (Fsp3) is 0.143. The van der Waals surface area contributed by atoms with Crippen LogP contribution in [0.4, 0.5) is 10.9 Å². The third-order valence-electron chi connectivity index (χ3n) is 1.38. The monoisotopic (exact) mass is 225 g/mol. The first kappa shape index (κ1) is 9.35. The van der Waals surface area contributed by atoms with Crippen molar-refractivity contribution in [3.05, 3.63) is 18.6 Å². The van der Waals surface area contributed by atoms with E-state index in [1.54, 1.807) is 30.4 Å². The first-order valence-electron chi connectivity index (χ1n) is 3.79. The summed E-state index contributed by atoms with van der Waals surface area (Å²) in [5, 5.41) is 11.7. The largest absolute Gasteiger partial charge is 0.313 e. The second-order valence-corrected chi connectivity index (χ2v) is 4.32. The standard InChI is InChI=1S/C7H7N5S2/c1-13-7-12-11-6(14-7)10-5-4-8-2-3-9-5/h2-4H,1H3,(H,9,10,11). The number of aromatic nitrogens is 4. The lowest BCUT2D eigenvalue weighted by Crippen LogP contribution is -1.92. The molecule has 2 rings (SSSR count). The lowest BCUT2D eigenvalue weighted by atomic mass is 10.7. The van der Waals surface area contributed by atoms with Gasteiger partial charge >= 0.3 is 0 Å². The molecule has 0 saturated heterocycles. The Morgan fingerprint density at radius 3 is 2.93 bits per heavy atom. The highest BCUT2D eigenvalue weighted by atomic mass is 32.2. The number of nitrogens with zero attached hydrogens (tertiary/aromatic N) is 4. The number of thioether (sulfide) groups is 1. The summed E-state index contributed by atoms with van der Waals surface area (Å²) in [6.45, 7) is 0. The molecule has 0 atom stereocenters. The summed E-state index contributed by atoms with van der Waals surface area (Å²) in [6, 6.07) is 0. The van der Waals surface area contributed by atoms with E-state index in [9.17, 15) is 0 Å². The minimum Gasteiger partial charge on any atom is -0.313 e. The van der Waals surface area contributed by atoms with Gasteiger partial charge in [0.2, 0.25) is 5.13 Å². The number of hydrogen-bond donors (Lipinski definition) is 1. The summed E-state index contributed by atoms with van der Waals surface area (Å²) in [5.74, 6) is 0.677. The van der Waals surface area contributed by atoms with Crippen LogP contribution in [0.2, 0.25) is 0 Å².